The highest BCUT2D eigenvalue weighted by molar-refractivity contribution is 5.64. The summed E-state index contributed by atoms with van der Waals surface area (Å²) in [5.74, 6) is 2.17. The summed E-state index contributed by atoms with van der Waals surface area (Å²) in [6, 6.07) is 23.2. The summed E-state index contributed by atoms with van der Waals surface area (Å²) in [5, 5.41) is 4.32. The predicted octanol–water partition coefficient (Wildman–Crippen LogP) is 4.43. The Balaban J connectivity index is 1.43. The lowest BCUT2D eigenvalue weighted by Crippen LogP contribution is -2.03. The highest BCUT2D eigenvalue weighted by Crippen LogP contribution is 2.26. The van der Waals surface area contributed by atoms with Gasteiger partial charge >= 0.3 is 0 Å². The van der Waals surface area contributed by atoms with E-state index >= 15 is 0 Å². The number of ether oxygens (including phenoxy) is 1. The van der Waals surface area contributed by atoms with Crippen LogP contribution >= 0.6 is 0 Å². The molecule has 0 bridgehead atoms. The quantitative estimate of drug-likeness (QED) is 0.504. The van der Waals surface area contributed by atoms with Crippen LogP contribution in [-0.4, -0.2) is 19.6 Å². The molecule has 0 aliphatic rings. The fourth-order valence-corrected chi connectivity index (χ4v) is 2.92. The Hall–Kier alpha value is -4.13. The second-order valence-electron chi connectivity index (χ2n) is 6.13. The number of fused-ring (bicyclic) bond motifs is 1. The van der Waals surface area contributed by atoms with Crippen LogP contribution in [0.15, 0.2) is 83.5 Å². The van der Waals surface area contributed by atoms with E-state index in [-0.39, 0.29) is 5.95 Å². The van der Waals surface area contributed by atoms with E-state index in [0.717, 1.165) is 11.1 Å². The van der Waals surface area contributed by atoms with Crippen LogP contribution in [-0.2, 0) is 0 Å². The predicted molar refractivity (Wildman–Crippen MR) is 105 cm³/mol. The third-order valence-corrected chi connectivity index (χ3v) is 4.25. The van der Waals surface area contributed by atoms with Crippen LogP contribution < -0.4 is 10.5 Å². The van der Waals surface area contributed by atoms with Crippen molar-refractivity contribution in [3.8, 4) is 34.3 Å². The van der Waals surface area contributed by atoms with Gasteiger partial charge in [-0.3, -0.25) is 0 Å². The normalized spacial score (nSPS) is 11.0. The van der Waals surface area contributed by atoms with Gasteiger partial charge in [0, 0.05) is 6.07 Å². The Morgan fingerprint density at radius 2 is 1.64 bits per heavy atom. The number of nitrogens with zero attached hydrogens (tertiary/aromatic N) is 4. The van der Waals surface area contributed by atoms with Crippen molar-refractivity contribution in [3.05, 3.63) is 79.1 Å². The molecule has 0 unspecified atom stereocenters. The van der Waals surface area contributed by atoms with Crippen LogP contribution in [0.2, 0.25) is 0 Å². The Bertz CT molecular complexity index is 1230. The number of aromatic nitrogens is 4. The second-order valence-corrected chi connectivity index (χ2v) is 6.13. The molecule has 136 valence electrons. The highest BCUT2D eigenvalue weighted by Gasteiger charge is 2.13. The van der Waals surface area contributed by atoms with Crippen LogP contribution in [0.3, 0.4) is 0 Å². The minimum absolute atomic E-state index is 0.179. The van der Waals surface area contributed by atoms with Crippen molar-refractivity contribution in [2.75, 3.05) is 5.73 Å². The number of rotatable bonds is 4. The van der Waals surface area contributed by atoms with Gasteiger partial charge in [0.15, 0.2) is 11.4 Å². The molecule has 0 spiro atoms. The summed E-state index contributed by atoms with van der Waals surface area (Å²) in [7, 11) is 0. The molecule has 3 aromatic heterocycles. The second kappa shape index (κ2) is 6.55. The van der Waals surface area contributed by atoms with Gasteiger partial charge < -0.3 is 14.9 Å². The third-order valence-electron chi connectivity index (χ3n) is 4.25. The van der Waals surface area contributed by atoms with E-state index in [4.69, 9.17) is 14.9 Å². The molecular formula is C21H15N5O2. The molecule has 0 aliphatic carbocycles. The maximum Gasteiger partial charge on any atom is 0.226 e. The first-order chi connectivity index (χ1) is 13.8. The van der Waals surface area contributed by atoms with Crippen molar-refractivity contribution in [2.24, 2.45) is 0 Å². The minimum Gasteiger partial charge on any atom is -0.461 e. The molecule has 3 heterocycles. The number of nitrogen functional groups attached to an aromatic ring is 1. The molecule has 7 heteroatoms. The van der Waals surface area contributed by atoms with E-state index in [1.807, 2.05) is 42.5 Å². The van der Waals surface area contributed by atoms with Crippen molar-refractivity contribution >= 4 is 11.6 Å². The van der Waals surface area contributed by atoms with Crippen molar-refractivity contribution < 1.29 is 9.15 Å². The summed E-state index contributed by atoms with van der Waals surface area (Å²) in [4.78, 5) is 8.69. The van der Waals surface area contributed by atoms with E-state index < -0.39 is 0 Å². The minimum atomic E-state index is 0.179. The third kappa shape index (κ3) is 2.95. The van der Waals surface area contributed by atoms with Crippen molar-refractivity contribution in [1.82, 2.24) is 19.6 Å². The zero-order chi connectivity index (χ0) is 18.9. The van der Waals surface area contributed by atoms with Gasteiger partial charge in [0.25, 0.3) is 0 Å². The average Bonchev–Trinajstić information content (AvgIpc) is 3.39. The fourth-order valence-electron chi connectivity index (χ4n) is 2.92. The number of benzene rings is 2. The van der Waals surface area contributed by atoms with Gasteiger partial charge in [0.05, 0.1) is 6.26 Å². The van der Waals surface area contributed by atoms with Gasteiger partial charge in [-0.05, 0) is 35.4 Å². The van der Waals surface area contributed by atoms with E-state index in [1.54, 1.807) is 24.5 Å². The molecule has 0 radical (unpaired) electrons. The molecule has 0 atom stereocenters. The van der Waals surface area contributed by atoms with Gasteiger partial charge in [0.2, 0.25) is 17.7 Å². The maximum atomic E-state index is 6.02. The molecular weight excluding hydrogens is 354 g/mol. The van der Waals surface area contributed by atoms with Crippen LogP contribution in [0.1, 0.15) is 0 Å². The van der Waals surface area contributed by atoms with Gasteiger partial charge in [-0.1, -0.05) is 42.5 Å². The summed E-state index contributed by atoms with van der Waals surface area (Å²) >= 11 is 0. The van der Waals surface area contributed by atoms with E-state index in [0.29, 0.717) is 28.9 Å². The number of furan rings is 1. The number of hydrogen-bond donors (Lipinski definition) is 1. The Labute approximate surface area is 160 Å². The Kier molecular flexibility index (Phi) is 3.76. The standard InChI is InChI=1S/C21H15N5O2/c22-21-24-19(13-18-23-20(25-26(18)21)17-7-4-12-27-17)28-16-10-8-15(9-11-16)14-5-2-1-3-6-14/h1-13H,(H2,22,24). The summed E-state index contributed by atoms with van der Waals surface area (Å²) < 4.78 is 12.6. The van der Waals surface area contributed by atoms with Gasteiger partial charge in [-0.2, -0.15) is 9.50 Å². The molecule has 0 saturated heterocycles. The van der Waals surface area contributed by atoms with E-state index in [9.17, 15) is 0 Å². The first-order valence-corrected chi connectivity index (χ1v) is 8.67. The molecule has 7 nitrogen and oxygen atoms in total. The molecule has 0 amide bonds. The first kappa shape index (κ1) is 16.1. The molecule has 0 fully saturated rings. The van der Waals surface area contributed by atoms with Gasteiger partial charge in [0.1, 0.15) is 5.75 Å². The highest BCUT2D eigenvalue weighted by atomic mass is 16.5. The molecule has 2 N–H and O–H groups in total. The Morgan fingerprint density at radius 3 is 2.39 bits per heavy atom. The van der Waals surface area contributed by atoms with Crippen LogP contribution in [0.5, 0.6) is 11.6 Å². The lowest BCUT2D eigenvalue weighted by Gasteiger charge is -2.07. The topological polar surface area (TPSA) is 91.5 Å². The average molecular weight is 369 g/mol. The molecule has 5 aromatic rings. The Morgan fingerprint density at radius 1 is 0.857 bits per heavy atom. The maximum absolute atomic E-state index is 6.02. The summed E-state index contributed by atoms with van der Waals surface area (Å²) in [6.45, 7) is 0. The molecule has 0 saturated carbocycles. The lowest BCUT2D eigenvalue weighted by atomic mass is 10.1. The number of anilines is 1. The van der Waals surface area contributed by atoms with Crippen LogP contribution in [0.4, 0.5) is 5.95 Å². The van der Waals surface area contributed by atoms with Gasteiger partial charge in [-0.25, -0.2) is 4.98 Å². The smallest absolute Gasteiger partial charge is 0.226 e. The largest absolute Gasteiger partial charge is 0.461 e. The number of hydrogen-bond acceptors (Lipinski definition) is 6. The molecule has 28 heavy (non-hydrogen) atoms. The lowest BCUT2D eigenvalue weighted by molar-refractivity contribution is 0.462. The summed E-state index contributed by atoms with van der Waals surface area (Å²) in [5.41, 5.74) is 8.79. The van der Waals surface area contributed by atoms with E-state index in [1.165, 1.54) is 4.52 Å². The van der Waals surface area contributed by atoms with Crippen LogP contribution in [0.25, 0.3) is 28.4 Å². The first-order valence-electron chi connectivity index (χ1n) is 8.67. The van der Waals surface area contributed by atoms with Crippen LogP contribution in [0, 0.1) is 0 Å². The summed E-state index contributed by atoms with van der Waals surface area (Å²) in [6.07, 6.45) is 1.57. The molecule has 0 aliphatic heterocycles. The fraction of sp³-hybridized carbons (Fsp3) is 0. The van der Waals surface area contributed by atoms with Crippen molar-refractivity contribution in [2.45, 2.75) is 0 Å². The van der Waals surface area contributed by atoms with Gasteiger partial charge in [-0.15, -0.1) is 5.10 Å². The molecule has 5 rings (SSSR count). The molecule has 2 aromatic carbocycles. The zero-order valence-corrected chi connectivity index (χ0v) is 14.7. The van der Waals surface area contributed by atoms with Crippen molar-refractivity contribution in [1.29, 1.82) is 0 Å². The number of nitrogens with two attached hydrogens (primary N) is 1. The zero-order valence-electron chi connectivity index (χ0n) is 14.7. The monoisotopic (exact) mass is 369 g/mol. The van der Waals surface area contributed by atoms with E-state index in [2.05, 4.69) is 27.2 Å². The SMILES string of the molecule is Nc1nc(Oc2ccc(-c3ccccc3)cc2)cc2nc(-c3ccco3)nn12. The van der Waals surface area contributed by atoms with Crippen molar-refractivity contribution in [3.63, 3.8) is 0 Å².